The number of ether oxygens (including phenoxy) is 2. The molecule has 0 radical (unpaired) electrons. The van der Waals surface area contributed by atoms with E-state index in [1.165, 1.54) is 64.2 Å². The summed E-state index contributed by atoms with van der Waals surface area (Å²) in [5.74, 6) is -0.628. The lowest BCUT2D eigenvalue weighted by Crippen LogP contribution is -2.48. The van der Waals surface area contributed by atoms with Crippen molar-refractivity contribution in [1.82, 2.24) is 9.80 Å². The first-order valence-corrected chi connectivity index (χ1v) is 21.2. The maximum absolute atomic E-state index is 13.6. The number of nitrogens with zero attached hydrogens (tertiary/aromatic N) is 2. The van der Waals surface area contributed by atoms with Crippen LogP contribution in [0.1, 0.15) is 189 Å². The maximum atomic E-state index is 13.6. The topological polar surface area (TPSA) is 96.4 Å². The Balaban J connectivity index is 5.33. The SMILES string of the molecule is CCCCCCCCC(CCCCCC)C(=O)OCCN(CCOC(=O)C(CCCCCC)CCCCCCCC)C(=O)C(C)N(C)CCO. The molecule has 296 valence electrons. The molecule has 8 nitrogen and oxygen atoms in total. The van der Waals surface area contributed by atoms with Gasteiger partial charge in [-0.05, 0) is 39.7 Å². The fraction of sp³-hybridized carbons (Fsp3) is 0.929. The van der Waals surface area contributed by atoms with E-state index in [9.17, 15) is 19.5 Å². The van der Waals surface area contributed by atoms with Gasteiger partial charge in [0.15, 0.2) is 0 Å². The van der Waals surface area contributed by atoms with E-state index in [1.807, 2.05) is 18.9 Å². The highest BCUT2D eigenvalue weighted by molar-refractivity contribution is 5.81. The van der Waals surface area contributed by atoms with Crippen molar-refractivity contribution in [3.8, 4) is 0 Å². The zero-order chi connectivity index (χ0) is 37.2. The molecule has 0 spiro atoms. The standard InChI is InChI=1S/C42H82N2O6/c1-7-11-15-19-21-25-29-38(27-23-17-13-9-3)41(47)49-35-32-44(40(46)37(5)43(6)31-34-45)33-36-50-42(48)39(28-24-18-14-10-4)30-26-22-20-16-12-8-2/h37-39,45H,7-36H2,1-6H3. The predicted octanol–water partition coefficient (Wildman–Crippen LogP) is 9.89. The van der Waals surface area contributed by atoms with Crippen LogP contribution in [-0.2, 0) is 23.9 Å². The number of aliphatic hydroxyl groups excluding tert-OH is 1. The summed E-state index contributed by atoms with van der Waals surface area (Å²) in [6.45, 7) is 11.7. The summed E-state index contributed by atoms with van der Waals surface area (Å²) in [5.41, 5.74) is 0. The minimum atomic E-state index is -0.466. The van der Waals surface area contributed by atoms with Crippen LogP contribution in [0.4, 0.5) is 0 Å². The summed E-state index contributed by atoms with van der Waals surface area (Å²) in [6, 6.07) is -0.466. The smallest absolute Gasteiger partial charge is 0.308 e. The molecule has 0 saturated heterocycles. The number of likely N-dealkylation sites (N-methyl/N-ethyl adjacent to an activating group) is 1. The van der Waals surface area contributed by atoms with Gasteiger partial charge in [0.25, 0.3) is 0 Å². The van der Waals surface area contributed by atoms with E-state index in [0.717, 1.165) is 89.9 Å². The quantitative estimate of drug-likeness (QED) is 0.0511. The van der Waals surface area contributed by atoms with Gasteiger partial charge < -0.3 is 19.5 Å². The monoisotopic (exact) mass is 711 g/mol. The summed E-state index contributed by atoms with van der Waals surface area (Å²) in [7, 11) is 1.81. The second-order valence-electron chi connectivity index (χ2n) is 14.7. The Morgan fingerprint density at radius 2 is 0.840 bits per heavy atom. The Hall–Kier alpha value is -1.67. The molecule has 50 heavy (non-hydrogen) atoms. The number of carbonyl (C=O) groups excluding carboxylic acids is 3. The first-order chi connectivity index (χ1) is 24.3. The van der Waals surface area contributed by atoms with Gasteiger partial charge in [-0.15, -0.1) is 0 Å². The molecule has 0 aliphatic carbocycles. The molecule has 0 aliphatic rings. The third-order valence-corrected chi connectivity index (χ3v) is 10.3. The van der Waals surface area contributed by atoms with Crippen LogP contribution in [0, 0.1) is 11.8 Å². The van der Waals surface area contributed by atoms with Gasteiger partial charge in [0.2, 0.25) is 5.91 Å². The molecule has 0 saturated carbocycles. The zero-order valence-corrected chi connectivity index (χ0v) is 33.8. The second kappa shape index (κ2) is 34.4. The van der Waals surface area contributed by atoms with E-state index in [0.29, 0.717) is 6.54 Å². The zero-order valence-electron chi connectivity index (χ0n) is 33.8. The van der Waals surface area contributed by atoms with Crippen molar-refractivity contribution in [2.45, 2.75) is 195 Å². The number of rotatable bonds is 36. The average Bonchev–Trinajstić information content (AvgIpc) is 3.11. The molecule has 0 aromatic heterocycles. The lowest BCUT2D eigenvalue weighted by Gasteiger charge is -2.30. The summed E-state index contributed by atoms with van der Waals surface area (Å²) in [5, 5.41) is 9.45. The van der Waals surface area contributed by atoms with E-state index >= 15 is 0 Å². The van der Waals surface area contributed by atoms with E-state index in [-0.39, 0.29) is 62.6 Å². The number of aliphatic hydroxyl groups is 1. The first-order valence-electron chi connectivity index (χ1n) is 21.2. The maximum Gasteiger partial charge on any atom is 0.308 e. The summed E-state index contributed by atoms with van der Waals surface area (Å²) >= 11 is 0. The van der Waals surface area contributed by atoms with E-state index in [1.54, 1.807) is 4.90 Å². The third-order valence-electron chi connectivity index (χ3n) is 10.3. The largest absolute Gasteiger partial charge is 0.464 e. The molecular formula is C42H82N2O6. The van der Waals surface area contributed by atoms with Crippen LogP contribution in [0.5, 0.6) is 0 Å². The normalized spacial score (nSPS) is 13.3. The van der Waals surface area contributed by atoms with Gasteiger partial charge in [0.1, 0.15) is 13.2 Å². The van der Waals surface area contributed by atoms with E-state index < -0.39 is 6.04 Å². The predicted molar refractivity (Wildman–Crippen MR) is 208 cm³/mol. The fourth-order valence-corrected chi connectivity index (χ4v) is 6.62. The number of esters is 2. The van der Waals surface area contributed by atoms with Crippen LogP contribution >= 0.6 is 0 Å². The Bertz CT molecular complexity index is 759. The van der Waals surface area contributed by atoms with Crippen LogP contribution in [0.3, 0.4) is 0 Å². The van der Waals surface area contributed by atoms with Crippen LogP contribution in [0.2, 0.25) is 0 Å². The van der Waals surface area contributed by atoms with Gasteiger partial charge >= 0.3 is 11.9 Å². The fourth-order valence-electron chi connectivity index (χ4n) is 6.62. The Labute approximate surface area is 309 Å². The Morgan fingerprint density at radius 1 is 0.520 bits per heavy atom. The van der Waals surface area contributed by atoms with Gasteiger partial charge in [-0.3, -0.25) is 19.3 Å². The van der Waals surface area contributed by atoms with Crippen molar-refractivity contribution < 1.29 is 29.0 Å². The van der Waals surface area contributed by atoms with Crippen molar-refractivity contribution >= 4 is 17.8 Å². The van der Waals surface area contributed by atoms with Gasteiger partial charge in [0.05, 0.1) is 37.6 Å². The van der Waals surface area contributed by atoms with Gasteiger partial charge in [-0.2, -0.15) is 0 Å². The van der Waals surface area contributed by atoms with Crippen molar-refractivity contribution in [2.24, 2.45) is 11.8 Å². The number of carbonyl (C=O) groups is 3. The van der Waals surface area contributed by atoms with Crippen LogP contribution in [-0.4, -0.2) is 85.3 Å². The van der Waals surface area contributed by atoms with Gasteiger partial charge in [0, 0.05) is 6.54 Å². The van der Waals surface area contributed by atoms with E-state index in [2.05, 4.69) is 27.7 Å². The molecular weight excluding hydrogens is 628 g/mol. The van der Waals surface area contributed by atoms with Crippen LogP contribution in [0.15, 0.2) is 0 Å². The van der Waals surface area contributed by atoms with Gasteiger partial charge in [-0.1, -0.05) is 156 Å². The molecule has 8 heteroatoms. The van der Waals surface area contributed by atoms with Crippen LogP contribution in [0.25, 0.3) is 0 Å². The highest BCUT2D eigenvalue weighted by atomic mass is 16.5. The van der Waals surface area contributed by atoms with Gasteiger partial charge in [-0.25, -0.2) is 0 Å². The van der Waals surface area contributed by atoms with Crippen molar-refractivity contribution in [1.29, 1.82) is 0 Å². The summed E-state index contributed by atoms with van der Waals surface area (Å²) in [4.78, 5) is 43.6. The highest BCUT2D eigenvalue weighted by Gasteiger charge is 2.26. The molecule has 1 amide bonds. The Kier molecular flexibility index (Phi) is 33.3. The van der Waals surface area contributed by atoms with Crippen molar-refractivity contribution in [3.63, 3.8) is 0 Å². The molecule has 3 unspecified atom stereocenters. The lowest BCUT2D eigenvalue weighted by molar-refractivity contribution is -0.153. The Morgan fingerprint density at radius 3 is 1.18 bits per heavy atom. The summed E-state index contributed by atoms with van der Waals surface area (Å²) < 4.78 is 11.7. The first kappa shape index (κ1) is 48.3. The molecule has 0 rings (SSSR count). The second-order valence-corrected chi connectivity index (χ2v) is 14.7. The lowest BCUT2D eigenvalue weighted by atomic mass is 9.94. The third kappa shape index (κ3) is 25.3. The molecule has 0 bridgehead atoms. The number of amides is 1. The van der Waals surface area contributed by atoms with Crippen molar-refractivity contribution in [2.75, 3.05) is 46.5 Å². The summed E-state index contributed by atoms with van der Waals surface area (Å²) in [6.07, 6.45) is 26.8. The molecule has 0 fully saturated rings. The van der Waals surface area contributed by atoms with Crippen LogP contribution < -0.4 is 0 Å². The molecule has 0 aromatic carbocycles. The molecule has 0 aliphatic heterocycles. The molecule has 0 aromatic rings. The number of hydrogen-bond donors (Lipinski definition) is 1. The van der Waals surface area contributed by atoms with Crippen molar-refractivity contribution in [3.05, 3.63) is 0 Å². The van der Waals surface area contributed by atoms with E-state index in [4.69, 9.17) is 9.47 Å². The molecule has 0 heterocycles. The number of unbranched alkanes of at least 4 members (excludes halogenated alkanes) is 16. The average molecular weight is 711 g/mol. The minimum Gasteiger partial charge on any atom is -0.464 e. The molecule has 3 atom stereocenters. The minimum absolute atomic E-state index is 0.0418. The highest BCUT2D eigenvalue weighted by Crippen LogP contribution is 2.22. The molecule has 1 N–H and O–H groups in total. The number of hydrogen-bond acceptors (Lipinski definition) is 7.